The number of carbonyl (C=O) groups excluding carboxylic acids is 1. The van der Waals surface area contributed by atoms with Gasteiger partial charge in [0.25, 0.3) is 0 Å². The van der Waals surface area contributed by atoms with Crippen LogP contribution in [0.3, 0.4) is 0 Å². The van der Waals surface area contributed by atoms with E-state index in [9.17, 15) is 9.18 Å². The number of aromatic nitrogens is 2. The third-order valence-corrected chi connectivity index (χ3v) is 5.48. The minimum absolute atomic E-state index is 0.0504. The monoisotopic (exact) mass is 451 g/mol. The Morgan fingerprint density at radius 2 is 1.91 bits per heavy atom. The molecule has 0 radical (unpaired) electrons. The van der Waals surface area contributed by atoms with Gasteiger partial charge in [0.2, 0.25) is 5.88 Å². The summed E-state index contributed by atoms with van der Waals surface area (Å²) in [6, 6.07) is 13.3. The van der Waals surface area contributed by atoms with E-state index in [1.54, 1.807) is 54.5 Å². The molecule has 0 spiro atoms. The Bertz CT molecular complexity index is 1130. The SMILES string of the molecule is COc1ccc(NC(=O)N2CCN(c3cc(Oc4cc(C)ccc4F)ncn3)C[C@@H]2C)cc1. The number of rotatable bonds is 5. The molecule has 1 fully saturated rings. The molecule has 172 valence electrons. The third-order valence-electron chi connectivity index (χ3n) is 5.48. The van der Waals surface area contributed by atoms with Gasteiger partial charge in [-0.25, -0.2) is 19.2 Å². The lowest BCUT2D eigenvalue weighted by Gasteiger charge is -2.40. The van der Waals surface area contributed by atoms with Crippen LogP contribution in [0.25, 0.3) is 0 Å². The number of aryl methyl sites for hydroxylation is 1. The number of hydrogen-bond donors (Lipinski definition) is 1. The highest BCUT2D eigenvalue weighted by Crippen LogP contribution is 2.27. The van der Waals surface area contributed by atoms with E-state index in [0.717, 1.165) is 11.3 Å². The van der Waals surface area contributed by atoms with Crippen molar-refractivity contribution in [3.05, 3.63) is 66.2 Å². The Hall–Kier alpha value is -3.88. The van der Waals surface area contributed by atoms with E-state index in [1.165, 1.54) is 12.4 Å². The van der Waals surface area contributed by atoms with Crippen molar-refractivity contribution in [1.82, 2.24) is 14.9 Å². The van der Waals surface area contributed by atoms with E-state index in [1.807, 2.05) is 13.8 Å². The molecule has 0 aliphatic carbocycles. The molecule has 2 aromatic carbocycles. The maximum atomic E-state index is 14.0. The van der Waals surface area contributed by atoms with Gasteiger partial charge in [-0.3, -0.25) is 0 Å². The first-order valence-corrected chi connectivity index (χ1v) is 10.7. The number of hydrogen-bond acceptors (Lipinski definition) is 6. The average Bonchev–Trinajstić information content (AvgIpc) is 2.82. The Labute approximate surface area is 192 Å². The van der Waals surface area contributed by atoms with Crippen molar-refractivity contribution < 1.29 is 18.7 Å². The minimum atomic E-state index is -0.453. The van der Waals surface area contributed by atoms with E-state index in [0.29, 0.717) is 31.1 Å². The first kappa shape index (κ1) is 22.3. The minimum Gasteiger partial charge on any atom is -0.497 e. The van der Waals surface area contributed by atoms with Crippen LogP contribution in [0.5, 0.6) is 17.4 Å². The van der Waals surface area contributed by atoms with Gasteiger partial charge in [-0.05, 0) is 55.8 Å². The second kappa shape index (κ2) is 9.72. The largest absolute Gasteiger partial charge is 0.497 e. The molecule has 1 saturated heterocycles. The number of nitrogens with one attached hydrogen (secondary N) is 1. The first-order valence-electron chi connectivity index (χ1n) is 10.7. The summed E-state index contributed by atoms with van der Waals surface area (Å²) in [5, 5.41) is 2.93. The molecule has 1 aliphatic heterocycles. The maximum absolute atomic E-state index is 14.0. The Balaban J connectivity index is 1.39. The Kier molecular flexibility index (Phi) is 6.58. The number of ether oxygens (including phenoxy) is 2. The molecule has 4 rings (SSSR count). The predicted molar refractivity (Wildman–Crippen MR) is 124 cm³/mol. The zero-order chi connectivity index (χ0) is 23.4. The topological polar surface area (TPSA) is 79.8 Å². The van der Waals surface area contributed by atoms with Gasteiger partial charge in [0.1, 0.15) is 17.9 Å². The molecule has 2 amide bonds. The first-order chi connectivity index (χ1) is 15.9. The van der Waals surface area contributed by atoms with Crippen LogP contribution in [0.2, 0.25) is 0 Å². The maximum Gasteiger partial charge on any atom is 0.322 e. The van der Waals surface area contributed by atoms with Crippen molar-refractivity contribution in [2.45, 2.75) is 19.9 Å². The van der Waals surface area contributed by atoms with Crippen molar-refractivity contribution in [2.75, 3.05) is 37.0 Å². The van der Waals surface area contributed by atoms with E-state index >= 15 is 0 Å². The van der Waals surface area contributed by atoms with Crippen molar-refractivity contribution in [2.24, 2.45) is 0 Å². The molecule has 9 heteroatoms. The van der Waals surface area contributed by atoms with Crippen LogP contribution in [0.1, 0.15) is 12.5 Å². The standard InChI is InChI=1S/C24H26FN5O3/c1-16-4-9-20(25)21(12-16)33-23-13-22(26-15-27-23)29-10-11-30(17(2)14-29)24(31)28-18-5-7-19(32-3)8-6-18/h4-9,12-13,15,17H,10-11,14H2,1-3H3,(H,28,31)/t17-/m0/s1. The van der Waals surface area contributed by atoms with E-state index in [2.05, 4.69) is 20.2 Å². The molecular formula is C24H26FN5O3. The Morgan fingerprint density at radius 3 is 2.64 bits per heavy atom. The molecule has 0 bridgehead atoms. The fourth-order valence-corrected chi connectivity index (χ4v) is 3.70. The van der Waals surface area contributed by atoms with E-state index in [4.69, 9.17) is 9.47 Å². The number of piperazine rings is 1. The molecule has 1 aliphatic rings. The second-order valence-corrected chi connectivity index (χ2v) is 7.90. The lowest BCUT2D eigenvalue weighted by molar-refractivity contribution is 0.184. The highest BCUT2D eigenvalue weighted by atomic mass is 19.1. The second-order valence-electron chi connectivity index (χ2n) is 7.90. The van der Waals surface area contributed by atoms with Crippen molar-refractivity contribution in [1.29, 1.82) is 0 Å². The number of anilines is 2. The predicted octanol–water partition coefficient (Wildman–Crippen LogP) is 4.47. The van der Waals surface area contributed by atoms with Crippen LogP contribution in [0.4, 0.5) is 20.7 Å². The van der Waals surface area contributed by atoms with Gasteiger partial charge in [-0.2, -0.15) is 0 Å². The van der Waals surface area contributed by atoms with E-state index < -0.39 is 5.82 Å². The number of nitrogens with zero attached hydrogens (tertiary/aromatic N) is 4. The summed E-state index contributed by atoms with van der Waals surface area (Å²) in [7, 11) is 1.60. The van der Waals surface area contributed by atoms with Crippen LogP contribution in [-0.4, -0.2) is 53.7 Å². The summed E-state index contributed by atoms with van der Waals surface area (Å²) in [4.78, 5) is 25.1. The number of urea groups is 1. The van der Waals surface area contributed by atoms with Crippen molar-refractivity contribution in [3.8, 4) is 17.4 Å². The molecule has 1 N–H and O–H groups in total. The molecule has 3 aromatic rings. The zero-order valence-electron chi connectivity index (χ0n) is 18.8. The molecule has 8 nitrogen and oxygen atoms in total. The fraction of sp³-hybridized carbons (Fsp3) is 0.292. The molecule has 2 heterocycles. The summed E-state index contributed by atoms with van der Waals surface area (Å²) >= 11 is 0. The molecular weight excluding hydrogens is 425 g/mol. The van der Waals surface area contributed by atoms with Gasteiger partial charge < -0.3 is 24.6 Å². The summed E-state index contributed by atoms with van der Waals surface area (Å²) in [5.41, 5.74) is 1.59. The van der Waals surface area contributed by atoms with Gasteiger partial charge >= 0.3 is 6.03 Å². The summed E-state index contributed by atoms with van der Waals surface area (Å²) in [6.07, 6.45) is 1.39. The quantitative estimate of drug-likeness (QED) is 0.617. The van der Waals surface area contributed by atoms with Crippen LogP contribution < -0.4 is 19.7 Å². The van der Waals surface area contributed by atoms with Gasteiger partial charge in [-0.1, -0.05) is 6.07 Å². The number of amides is 2. The highest BCUT2D eigenvalue weighted by Gasteiger charge is 2.28. The van der Waals surface area contributed by atoms with Crippen LogP contribution in [0.15, 0.2) is 54.9 Å². The average molecular weight is 452 g/mol. The molecule has 0 saturated carbocycles. The number of methoxy groups -OCH3 is 1. The van der Waals surface area contributed by atoms with Gasteiger partial charge in [-0.15, -0.1) is 0 Å². The summed E-state index contributed by atoms with van der Waals surface area (Å²) in [6.45, 7) is 5.56. The normalized spacial score (nSPS) is 15.8. The lowest BCUT2D eigenvalue weighted by Crippen LogP contribution is -2.55. The summed E-state index contributed by atoms with van der Waals surface area (Å²) < 4.78 is 24.8. The smallest absolute Gasteiger partial charge is 0.322 e. The molecule has 1 aromatic heterocycles. The van der Waals surface area contributed by atoms with Gasteiger partial charge in [0.05, 0.1) is 7.11 Å². The van der Waals surface area contributed by atoms with Crippen LogP contribution in [0, 0.1) is 12.7 Å². The Morgan fingerprint density at radius 1 is 1.12 bits per heavy atom. The number of carbonyl (C=O) groups is 1. The van der Waals surface area contributed by atoms with Gasteiger partial charge in [0.15, 0.2) is 11.6 Å². The van der Waals surface area contributed by atoms with Gasteiger partial charge in [0, 0.05) is 37.4 Å². The van der Waals surface area contributed by atoms with E-state index in [-0.39, 0.29) is 23.7 Å². The fourth-order valence-electron chi connectivity index (χ4n) is 3.70. The lowest BCUT2D eigenvalue weighted by atomic mass is 10.2. The number of halogens is 1. The highest BCUT2D eigenvalue weighted by molar-refractivity contribution is 5.89. The van der Waals surface area contributed by atoms with Crippen LogP contribution in [-0.2, 0) is 0 Å². The summed E-state index contributed by atoms with van der Waals surface area (Å²) in [5.74, 6) is 1.32. The van der Waals surface area contributed by atoms with Crippen molar-refractivity contribution in [3.63, 3.8) is 0 Å². The molecule has 0 unspecified atom stereocenters. The number of benzene rings is 2. The van der Waals surface area contributed by atoms with Crippen LogP contribution >= 0.6 is 0 Å². The van der Waals surface area contributed by atoms with Crippen molar-refractivity contribution >= 4 is 17.5 Å². The zero-order valence-corrected chi connectivity index (χ0v) is 18.8. The molecule has 1 atom stereocenters. The third kappa shape index (κ3) is 5.31. The molecule has 33 heavy (non-hydrogen) atoms.